The summed E-state index contributed by atoms with van der Waals surface area (Å²) in [5.41, 5.74) is 3.94. The van der Waals surface area contributed by atoms with Gasteiger partial charge in [-0.25, -0.2) is 9.78 Å². The summed E-state index contributed by atoms with van der Waals surface area (Å²) in [6, 6.07) is 0. The highest BCUT2D eigenvalue weighted by Crippen LogP contribution is 2.30. The molecule has 0 spiro atoms. The highest BCUT2D eigenvalue weighted by Gasteiger charge is 2.20. The van der Waals surface area contributed by atoms with Crippen LogP contribution in [0.15, 0.2) is 5.38 Å². The SMILES string of the molecule is CCOCCCNc1nc(-c2[nH]c(C)c(C(=O)OC)c2C)cs1. The van der Waals surface area contributed by atoms with E-state index >= 15 is 0 Å². The number of aromatic amines is 1. The smallest absolute Gasteiger partial charge is 0.339 e. The van der Waals surface area contributed by atoms with Gasteiger partial charge in [-0.05, 0) is 32.8 Å². The van der Waals surface area contributed by atoms with Crippen molar-refractivity contribution < 1.29 is 14.3 Å². The molecule has 2 N–H and O–H groups in total. The lowest BCUT2D eigenvalue weighted by atomic mass is 10.1. The van der Waals surface area contributed by atoms with Crippen molar-refractivity contribution in [2.45, 2.75) is 27.2 Å². The van der Waals surface area contributed by atoms with Gasteiger partial charge in [0.05, 0.1) is 18.4 Å². The molecule has 0 aliphatic carbocycles. The van der Waals surface area contributed by atoms with E-state index in [-0.39, 0.29) is 5.97 Å². The summed E-state index contributed by atoms with van der Waals surface area (Å²) in [6.07, 6.45) is 0.940. The molecule has 0 saturated heterocycles. The molecule has 2 aromatic rings. The maximum Gasteiger partial charge on any atom is 0.339 e. The van der Waals surface area contributed by atoms with Crippen molar-refractivity contribution in [2.24, 2.45) is 0 Å². The number of rotatable bonds is 8. The molecule has 0 aliphatic rings. The van der Waals surface area contributed by atoms with Crippen LogP contribution in [0.2, 0.25) is 0 Å². The van der Waals surface area contributed by atoms with Crippen LogP contribution in [0.25, 0.3) is 11.4 Å². The van der Waals surface area contributed by atoms with Crippen LogP contribution in [0, 0.1) is 13.8 Å². The normalized spacial score (nSPS) is 10.8. The minimum absolute atomic E-state index is 0.327. The summed E-state index contributed by atoms with van der Waals surface area (Å²) >= 11 is 1.55. The van der Waals surface area contributed by atoms with Gasteiger partial charge in [0, 0.05) is 30.8 Å². The first-order valence-corrected chi connectivity index (χ1v) is 8.51. The molecule has 2 rings (SSSR count). The fraction of sp³-hybridized carbons (Fsp3) is 0.500. The van der Waals surface area contributed by atoms with Gasteiger partial charge in [0.15, 0.2) is 5.13 Å². The van der Waals surface area contributed by atoms with E-state index in [0.29, 0.717) is 5.56 Å². The van der Waals surface area contributed by atoms with Crippen LogP contribution < -0.4 is 5.32 Å². The molecule has 0 aromatic carbocycles. The van der Waals surface area contributed by atoms with Crippen LogP contribution in [-0.2, 0) is 9.47 Å². The van der Waals surface area contributed by atoms with E-state index in [1.54, 1.807) is 11.3 Å². The van der Waals surface area contributed by atoms with Gasteiger partial charge in [-0.15, -0.1) is 11.3 Å². The maximum atomic E-state index is 11.8. The van der Waals surface area contributed by atoms with Gasteiger partial charge in [-0.3, -0.25) is 0 Å². The zero-order chi connectivity index (χ0) is 16.8. The van der Waals surface area contributed by atoms with Crippen LogP contribution in [-0.4, -0.2) is 42.8 Å². The molecule has 0 radical (unpaired) electrons. The minimum Gasteiger partial charge on any atom is -0.465 e. The summed E-state index contributed by atoms with van der Waals surface area (Å²) in [6.45, 7) is 8.07. The molecule has 0 saturated carbocycles. The number of esters is 1. The first kappa shape index (κ1) is 17.5. The number of carbonyl (C=O) groups is 1. The first-order chi connectivity index (χ1) is 11.1. The monoisotopic (exact) mass is 337 g/mol. The minimum atomic E-state index is -0.327. The van der Waals surface area contributed by atoms with Crippen LogP contribution in [0.1, 0.15) is 35.0 Å². The number of hydrogen-bond donors (Lipinski definition) is 2. The lowest BCUT2D eigenvalue weighted by Crippen LogP contribution is -2.05. The Labute approximate surface area is 140 Å². The second kappa shape index (κ2) is 8.12. The molecule has 0 aliphatic heterocycles. The average Bonchev–Trinajstić information content (AvgIpc) is 3.11. The number of ether oxygens (including phenoxy) is 2. The highest BCUT2D eigenvalue weighted by molar-refractivity contribution is 7.14. The van der Waals surface area contributed by atoms with E-state index in [1.807, 2.05) is 26.2 Å². The number of nitrogens with zero attached hydrogens (tertiary/aromatic N) is 1. The molecular weight excluding hydrogens is 314 g/mol. The number of nitrogens with one attached hydrogen (secondary N) is 2. The highest BCUT2D eigenvalue weighted by atomic mass is 32.1. The third kappa shape index (κ3) is 4.11. The molecular formula is C16H23N3O3S. The van der Waals surface area contributed by atoms with Gasteiger partial charge in [0.25, 0.3) is 0 Å². The Kier molecular flexibility index (Phi) is 6.18. The Morgan fingerprint density at radius 1 is 1.43 bits per heavy atom. The predicted molar refractivity (Wildman–Crippen MR) is 92.3 cm³/mol. The fourth-order valence-electron chi connectivity index (χ4n) is 2.40. The zero-order valence-electron chi connectivity index (χ0n) is 14.0. The second-order valence-electron chi connectivity index (χ2n) is 5.13. The van der Waals surface area contributed by atoms with Gasteiger partial charge in [-0.2, -0.15) is 0 Å². The molecule has 0 fully saturated rings. The second-order valence-corrected chi connectivity index (χ2v) is 5.99. The number of carbonyl (C=O) groups excluding carboxylic acids is 1. The number of H-pyrrole nitrogens is 1. The molecule has 2 heterocycles. The van der Waals surface area contributed by atoms with Gasteiger partial charge < -0.3 is 19.8 Å². The number of thiazole rings is 1. The Bertz CT molecular complexity index is 664. The molecule has 7 heteroatoms. The molecule has 0 atom stereocenters. The summed E-state index contributed by atoms with van der Waals surface area (Å²) in [4.78, 5) is 19.7. The van der Waals surface area contributed by atoms with E-state index in [4.69, 9.17) is 9.47 Å². The molecule has 126 valence electrons. The Balaban J connectivity index is 2.07. The van der Waals surface area contributed by atoms with Gasteiger partial charge in [0.2, 0.25) is 0 Å². The third-order valence-electron chi connectivity index (χ3n) is 3.53. The third-order valence-corrected chi connectivity index (χ3v) is 4.33. The van der Waals surface area contributed by atoms with E-state index < -0.39 is 0 Å². The lowest BCUT2D eigenvalue weighted by molar-refractivity contribution is 0.0599. The van der Waals surface area contributed by atoms with E-state index in [0.717, 1.165) is 54.0 Å². The predicted octanol–water partition coefficient (Wildman–Crippen LogP) is 3.38. The molecule has 0 amide bonds. The maximum absolute atomic E-state index is 11.8. The largest absolute Gasteiger partial charge is 0.465 e. The first-order valence-electron chi connectivity index (χ1n) is 7.63. The van der Waals surface area contributed by atoms with Gasteiger partial charge in [-0.1, -0.05) is 0 Å². The molecule has 2 aromatic heterocycles. The Hall–Kier alpha value is -1.86. The van der Waals surface area contributed by atoms with E-state index in [9.17, 15) is 4.79 Å². The van der Waals surface area contributed by atoms with E-state index in [1.165, 1.54) is 7.11 Å². The summed E-state index contributed by atoms with van der Waals surface area (Å²) in [5.74, 6) is -0.327. The van der Waals surface area contributed by atoms with E-state index in [2.05, 4.69) is 15.3 Å². The van der Waals surface area contributed by atoms with Crippen LogP contribution in [0.5, 0.6) is 0 Å². The summed E-state index contributed by atoms with van der Waals surface area (Å²) < 4.78 is 10.1. The van der Waals surface area contributed by atoms with Crippen molar-refractivity contribution in [2.75, 3.05) is 32.2 Å². The number of aromatic nitrogens is 2. The standard InChI is InChI=1S/C16H23N3O3S/c1-5-22-8-6-7-17-16-19-12(9-23-16)14-10(2)13(11(3)18-14)15(20)21-4/h9,18H,5-8H2,1-4H3,(H,17,19). The number of hydrogen-bond acceptors (Lipinski definition) is 6. The molecule has 0 bridgehead atoms. The summed E-state index contributed by atoms with van der Waals surface area (Å²) in [5, 5.41) is 6.13. The van der Waals surface area contributed by atoms with Crippen molar-refractivity contribution >= 4 is 22.4 Å². The quantitative estimate of drug-likeness (QED) is 0.570. The van der Waals surface area contributed by atoms with Crippen molar-refractivity contribution in [3.8, 4) is 11.4 Å². The Morgan fingerprint density at radius 3 is 2.91 bits per heavy atom. The topological polar surface area (TPSA) is 76.2 Å². The summed E-state index contributed by atoms with van der Waals surface area (Å²) in [7, 11) is 1.39. The van der Waals surface area contributed by atoms with Crippen molar-refractivity contribution in [1.82, 2.24) is 9.97 Å². The van der Waals surface area contributed by atoms with Crippen LogP contribution >= 0.6 is 11.3 Å². The van der Waals surface area contributed by atoms with Gasteiger partial charge in [0.1, 0.15) is 5.69 Å². The molecule has 0 unspecified atom stereocenters. The number of anilines is 1. The molecule has 23 heavy (non-hydrogen) atoms. The lowest BCUT2D eigenvalue weighted by Gasteiger charge is -2.02. The van der Waals surface area contributed by atoms with Gasteiger partial charge >= 0.3 is 5.97 Å². The van der Waals surface area contributed by atoms with Crippen molar-refractivity contribution in [3.63, 3.8) is 0 Å². The van der Waals surface area contributed by atoms with Crippen LogP contribution in [0.4, 0.5) is 5.13 Å². The fourth-order valence-corrected chi connectivity index (χ4v) is 3.13. The molecule has 6 nitrogen and oxygen atoms in total. The Morgan fingerprint density at radius 2 is 2.22 bits per heavy atom. The van der Waals surface area contributed by atoms with Crippen molar-refractivity contribution in [1.29, 1.82) is 0 Å². The van der Waals surface area contributed by atoms with Crippen molar-refractivity contribution in [3.05, 3.63) is 22.2 Å². The van der Waals surface area contributed by atoms with Crippen LogP contribution in [0.3, 0.4) is 0 Å². The average molecular weight is 337 g/mol. The number of methoxy groups -OCH3 is 1. The number of aryl methyl sites for hydroxylation is 1. The zero-order valence-corrected chi connectivity index (χ0v) is 14.8.